The second-order valence-electron chi connectivity index (χ2n) is 7.47. The quantitative estimate of drug-likeness (QED) is 0.720. The predicted octanol–water partition coefficient (Wildman–Crippen LogP) is 3.60. The molecule has 1 aliphatic carbocycles. The van der Waals surface area contributed by atoms with E-state index in [1.165, 1.54) is 36.0 Å². The zero-order valence-corrected chi connectivity index (χ0v) is 15.0. The summed E-state index contributed by atoms with van der Waals surface area (Å²) in [6.45, 7) is 3.57. The number of hydrogen-bond acceptors (Lipinski definition) is 5. The normalized spacial score (nSPS) is 20.7. The summed E-state index contributed by atoms with van der Waals surface area (Å²) in [4.78, 5) is 2.43. The lowest BCUT2D eigenvalue weighted by Gasteiger charge is -2.34. The Morgan fingerprint density at radius 2 is 2.00 bits per heavy atom. The molecule has 0 N–H and O–H groups in total. The molecule has 26 heavy (non-hydrogen) atoms. The van der Waals surface area contributed by atoms with Crippen LogP contribution in [0, 0.1) is 6.92 Å². The molecule has 1 fully saturated rings. The fourth-order valence-electron chi connectivity index (χ4n) is 3.98. The second kappa shape index (κ2) is 6.36. The highest BCUT2D eigenvalue weighted by Gasteiger charge is 2.31. The smallest absolute Gasteiger partial charge is 0.233 e. The molecule has 5 rings (SSSR count). The highest BCUT2D eigenvalue weighted by atomic mass is 16.4. The number of benzene rings is 1. The van der Waals surface area contributed by atoms with E-state index in [0.29, 0.717) is 17.8 Å². The van der Waals surface area contributed by atoms with E-state index in [9.17, 15) is 0 Å². The fourth-order valence-corrected chi connectivity index (χ4v) is 3.98. The Morgan fingerprint density at radius 1 is 1.15 bits per heavy atom. The largest absolute Gasteiger partial charge is 0.424 e. The van der Waals surface area contributed by atoms with Crippen LogP contribution in [0.1, 0.15) is 59.8 Å². The van der Waals surface area contributed by atoms with Crippen LogP contribution < -0.4 is 0 Å². The Hall–Kier alpha value is -2.47. The van der Waals surface area contributed by atoms with Gasteiger partial charge in [0.1, 0.15) is 0 Å². The van der Waals surface area contributed by atoms with E-state index in [4.69, 9.17) is 4.42 Å². The number of nitrogens with zero attached hydrogens (tertiary/aromatic N) is 5. The molecule has 2 aliphatic rings. The van der Waals surface area contributed by atoms with Crippen LogP contribution in [0.5, 0.6) is 0 Å². The van der Waals surface area contributed by atoms with Crippen molar-refractivity contribution in [3.8, 4) is 0 Å². The zero-order chi connectivity index (χ0) is 17.5. The Morgan fingerprint density at radius 3 is 2.73 bits per heavy atom. The van der Waals surface area contributed by atoms with E-state index >= 15 is 0 Å². The Labute approximate surface area is 152 Å². The van der Waals surface area contributed by atoms with Crippen LogP contribution in [-0.4, -0.2) is 24.9 Å². The first-order chi connectivity index (χ1) is 12.8. The molecule has 0 amide bonds. The molecule has 1 unspecified atom stereocenters. The molecule has 0 saturated heterocycles. The minimum Gasteiger partial charge on any atom is -0.424 e. The van der Waals surface area contributed by atoms with Gasteiger partial charge in [0.25, 0.3) is 0 Å². The first kappa shape index (κ1) is 15.8. The molecule has 1 atom stereocenters. The highest BCUT2D eigenvalue weighted by Crippen LogP contribution is 2.35. The predicted molar refractivity (Wildman–Crippen MR) is 96.3 cm³/mol. The van der Waals surface area contributed by atoms with Crippen LogP contribution >= 0.6 is 0 Å². The van der Waals surface area contributed by atoms with Crippen LogP contribution in [-0.2, 0) is 19.5 Å². The van der Waals surface area contributed by atoms with Crippen LogP contribution in [0.3, 0.4) is 0 Å². The summed E-state index contributed by atoms with van der Waals surface area (Å²) in [5.74, 6) is 1.33. The summed E-state index contributed by atoms with van der Waals surface area (Å²) in [6.07, 6.45) is 8.94. The molecule has 3 aromatic rings. The van der Waals surface area contributed by atoms with Crippen molar-refractivity contribution in [2.24, 2.45) is 0 Å². The Balaban J connectivity index is 1.43. The van der Waals surface area contributed by atoms with Gasteiger partial charge in [0.15, 0.2) is 0 Å². The van der Waals surface area contributed by atoms with Crippen molar-refractivity contribution in [1.29, 1.82) is 0 Å². The van der Waals surface area contributed by atoms with Gasteiger partial charge in [-0.15, -0.1) is 10.2 Å². The molecule has 2 aromatic heterocycles. The third-order valence-corrected chi connectivity index (χ3v) is 5.66. The number of fused-ring (bicyclic) bond motifs is 1. The summed E-state index contributed by atoms with van der Waals surface area (Å²) in [5.41, 5.74) is 4.00. The average molecular weight is 349 g/mol. The molecular weight excluding hydrogens is 326 g/mol. The SMILES string of the molecule is Cc1nnc(C2Cc3ccccc3CN2Cc2cnn(C3CCC3)c2)o1. The first-order valence-electron chi connectivity index (χ1n) is 9.40. The lowest BCUT2D eigenvalue weighted by atomic mass is 9.93. The number of aromatic nitrogens is 4. The molecular formula is C20H23N5O. The molecule has 0 bridgehead atoms. The summed E-state index contributed by atoms with van der Waals surface area (Å²) in [7, 11) is 0. The van der Waals surface area contributed by atoms with Gasteiger partial charge in [-0.05, 0) is 36.8 Å². The summed E-state index contributed by atoms with van der Waals surface area (Å²) in [5, 5.41) is 12.9. The zero-order valence-electron chi connectivity index (χ0n) is 15.0. The minimum atomic E-state index is 0.109. The van der Waals surface area contributed by atoms with E-state index in [0.717, 1.165) is 19.5 Å². The van der Waals surface area contributed by atoms with Crippen molar-refractivity contribution in [3.63, 3.8) is 0 Å². The van der Waals surface area contributed by atoms with E-state index < -0.39 is 0 Å². The summed E-state index contributed by atoms with van der Waals surface area (Å²) in [6, 6.07) is 9.35. The third-order valence-electron chi connectivity index (χ3n) is 5.66. The van der Waals surface area contributed by atoms with Gasteiger partial charge in [0.2, 0.25) is 11.8 Å². The lowest BCUT2D eigenvalue weighted by molar-refractivity contribution is 0.137. The van der Waals surface area contributed by atoms with Gasteiger partial charge >= 0.3 is 0 Å². The third kappa shape index (κ3) is 2.84. The number of aryl methyl sites for hydroxylation is 1. The monoisotopic (exact) mass is 349 g/mol. The maximum atomic E-state index is 5.79. The molecule has 3 heterocycles. The molecule has 6 heteroatoms. The minimum absolute atomic E-state index is 0.109. The van der Waals surface area contributed by atoms with E-state index in [1.807, 2.05) is 13.1 Å². The van der Waals surface area contributed by atoms with Crippen LogP contribution in [0.15, 0.2) is 41.1 Å². The second-order valence-corrected chi connectivity index (χ2v) is 7.47. The molecule has 1 saturated carbocycles. The van der Waals surface area contributed by atoms with Crippen LogP contribution in [0.4, 0.5) is 0 Å². The van der Waals surface area contributed by atoms with Crippen molar-refractivity contribution in [2.75, 3.05) is 0 Å². The van der Waals surface area contributed by atoms with E-state index in [-0.39, 0.29) is 6.04 Å². The van der Waals surface area contributed by atoms with Crippen molar-refractivity contribution in [3.05, 3.63) is 65.1 Å². The average Bonchev–Trinajstić information content (AvgIpc) is 3.22. The standard InChI is InChI=1S/C20H23N5O/c1-14-22-23-20(26-14)19-9-16-5-2-3-6-17(16)13-24(19)11-15-10-21-25(12-15)18-7-4-8-18/h2-3,5-6,10,12,18-19H,4,7-9,11,13H2,1H3. The van der Waals surface area contributed by atoms with Crippen LogP contribution in [0.2, 0.25) is 0 Å². The molecule has 6 nitrogen and oxygen atoms in total. The van der Waals surface area contributed by atoms with Crippen molar-refractivity contribution < 1.29 is 4.42 Å². The fraction of sp³-hybridized carbons (Fsp3) is 0.450. The van der Waals surface area contributed by atoms with Gasteiger partial charge in [0.05, 0.1) is 18.3 Å². The molecule has 0 radical (unpaired) electrons. The summed E-state index contributed by atoms with van der Waals surface area (Å²) >= 11 is 0. The van der Waals surface area contributed by atoms with Gasteiger partial charge in [-0.25, -0.2) is 0 Å². The van der Waals surface area contributed by atoms with Gasteiger partial charge in [0, 0.05) is 31.8 Å². The van der Waals surface area contributed by atoms with Crippen molar-refractivity contribution in [2.45, 2.75) is 57.8 Å². The van der Waals surface area contributed by atoms with Crippen molar-refractivity contribution >= 4 is 0 Å². The van der Waals surface area contributed by atoms with Gasteiger partial charge in [-0.1, -0.05) is 24.3 Å². The molecule has 1 aliphatic heterocycles. The van der Waals surface area contributed by atoms with Gasteiger partial charge in [-0.3, -0.25) is 9.58 Å². The van der Waals surface area contributed by atoms with Crippen LogP contribution in [0.25, 0.3) is 0 Å². The summed E-state index contributed by atoms with van der Waals surface area (Å²) < 4.78 is 7.93. The molecule has 1 aromatic carbocycles. The highest BCUT2D eigenvalue weighted by molar-refractivity contribution is 5.31. The topological polar surface area (TPSA) is 60.0 Å². The van der Waals surface area contributed by atoms with Gasteiger partial charge in [-0.2, -0.15) is 5.10 Å². The molecule has 0 spiro atoms. The maximum Gasteiger partial charge on any atom is 0.233 e. The number of rotatable bonds is 4. The first-order valence-corrected chi connectivity index (χ1v) is 9.40. The number of hydrogen-bond donors (Lipinski definition) is 0. The Kier molecular flexibility index (Phi) is 3.85. The van der Waals surface area contributed by atoms with E-state index in [2.05, 4.69) is 55.3 Å². The lowest BCUT2D eigenvalue weighted by Crippen LogP contribution is -2.34. The molecule has 134 valence electrons. The van der Waals surface area contributed by atoms with E-state index in [1.54, 1.807) is 0 Å². The maximum absolute atomic E-state index is 5.79. The Bertz CT molecular complexity index is 910. The van der Waals surface area contributed by atoms with Gasteiger partial charge < -0.3 is 4.42 Å². The van der Waals surface area contributed by atoms with Crippen molar-refractivity contribution in [1.82, 2.24) is 24.9 Å².